The Kier molecular flexibility index (Phi) is 16.5. The molecule has 0 fully saturated rings. The van der Waals surface area contributed by atoms with Crippen LogP contribution in [0.4, 0.5) is 0 Å². The summed E-state index contributed by atoms with van der Waals surface area (Å²) in [6, 6.07) is 0. The van der Waals surface area contributed by atoms with Crippen molar-refractivity contribution in [2.45, 2.75) is 145 Å². The van der Waals surface area contributed by atoms with Crippen molar-refractivity contribution in [2.24, 2.45) is 11.3 Å². The molecule has 0 amide bonds. The Labute approximate surface area is 209 Å². The minimum absolute atomic E-state index is 0.140. The number of hydrogen-bond donors (Lipinski definition) is 0. The molecule has 4 heteroatoms. The quantitative estimate of drug-likeness (QED) is 0.120. The van der Waals surface area contributed by atoms with Crippen molar-refractivity contribution in [3.63, 3.8) is 0 Å². The zero-order chi connectivity index (χ0) is 24.8. The van der Waals surface area contributed by atoms with Gasteiger partial charge in [-0.15, -0.1) is 0 Å². The van der Waals surface area contributed by atoms with Gasteiger partial charge >= 0.3 is 210 Å². The van der Waals surface area contributed by atoms with E-state index in [2.05, 4.69) is 74.6 Å². The van der Waals surface area contributed by atoms with Crippen LogP contribution in [0.25, 0.3) is 0 Å². The van der Waals surface area contributed by atoms with Gasteiger partial charge in [0, 0.05) is 0 Å². The summed E-state index contributed by atoms with van der Waals surface area (Å²) in [5.74, 6) is 0.371. The molecule has 32 heavy (non-hydrogen) atoms. The Morgan fingerprint density at radius 1 is 0.812 bits per heavy atom. The summed E-state index contributed by atoms with van der Waals surface area (Å²) < 4.78 is 19.3. The molecule has 0 aliphatic rings. The first-order valence-electron chi connectivity index (χ1n) is 13.9. The molecule has 192 valence electrons. The average Bonchev–Trinajstić information content (AvgIpc) is 2.73. The average molecular weight is 576 g/mol. The Hall–Kier alpha value is 0.516. The van der Waals surface area contributed by atoms with E-state index in [-0.39, 0.29) is 11.0 Å². The molecule has 0 spiro atoms. The van der Waals surface area contributed by atoms with Crippen molar-refractivity contribution in [1.29, 1.82) is 0 Å². The summed E-state index contributed by atoms with van der Waals surface area (Å²) >= 11 is -2.66. The molecule has 0 rings (SSSR count). The fourth-order valence-corrected chi connectivity index (χ4v) is 24.8. The summed E-state index contributed by atoms with van der Waals surface area (Å²) in [4.78, 5) is 0. The third kappa shape index (κ3) is 10.8. The van der Waals surface area contributed by atoms with Crippen LogP contribution in [-0.4, -0.2) is 40.1 Å². The summed E-state index contributed by atoms with van der Waals surface area (Å²) in [6.07, 6.45) is 14.3. The van der Waals surface area contributed by atoms with E-state index < -0.39 is 27.4 Å². The summed E-state index contributed by atoms with van der Waals surface area (Å²) in [6.45, 7) is 23.7. The Balaban J connectivity index is 6.73. The first-order chi connectivity index (χ1) is 15.0. The van der Waals surface area contributed by atoms with Gasteiger partial charge in [0.2, 0.25) is 0 Å². The summed E-state index contributed by atoms with van der Waals surface area (Å²) in [5, 5.41) is 0. The van der Waals surface area contributed by atoms with E-state index in [1.807, 2.05) is 7.11 Å². The Morgan fingerprint density at radius 3 is 1.56 bits per heavy atom. The van der Waals surface area contributed by atoms with Gasteiger partial charge in [0.15, 0.2) is 0 Å². The van der Waals surface area contributed by atoms with Crippen LogP contribution >= 0.6 is 0 Å². The van der Waals surface area contributed by atoms with E-state index in [9.17, 15) is 0 Å². The SMILES string of the molecule is CCCCC(C)(OC)C(C=[C](O[SiH](C)C)[Sn]([CH2]CCC)([CH2]CCC)[CH2]CCC)C(C)(C)C. The van der Waals surface area contributed by atoms with Gasteiger partial charge in [0.25, 0.3) is 0 Å². The third-order valence-electron chi connectivity index (χ3n) is 7.31. The zero-order valence-corrected chi connectivity index (χ0v) is 28.0. The van der Waals surface area contributed by atoms with Crippen molar-refractivity contribution in [3.05, 3.63) is 9.85 Å². The minimum atomic E-state index is -2.66. The fraction of sp³-hybridized carbons (Fsp3) is 0.929. The maximum atomic E-state index is 7.01. The second-order valence-corrected chi connectivity index (χ2v) is 27.1. The van der Waals surface area contributed by atoms with E-state index in [4.69, 9.17) is 9.16 Å². The van der Waals surface area contributed by atoms with Crippen molar-refractivity contribution in [3.8, 4) is 0 Å². The van der Waals surface area contributed by atoms with Crippen LogP contribution in [0.15, 0.2) is 9.85 Å². The molecule has 0 aromatic heterocycles. The van der Waals surface area contributed by atoms with Crippen LogP contribution in [0.5, 0.6) is 0 Å². The van der Waals surface area contributed by atoms with Gasteiger partial charge in [-0.3, -0.25) is 0 Å². The van der Waals surface area contributed by atoms with Gasteiger partial charge in [0.05, 0.1) is 0 Å². The summed E-state index contributed by atoms with van der Waals surface area (Å²) in [5.41, 5.74) is 0.00278. The number of methoxy groups -OCH3 is 1. The van der Waals surface area contributed by atoms with Crippen LogP contribution in [0.3, 0.4) is 0 Å². The van der Waals surface area contributed by atoms with Crippen molar-refractivity contribution in [2.75, 3.05) is 7.11 Å². The number of ether oxygens (including phenoxy) is 1. The van der Waals surface area contributed by atoms with E-state index in [0.717, 1.165) is 6.42 Å². The van der Waals surface area contributed by atoms with Gasteiger partial charge in [-0.25, -0.2) is 0 Å². The molecule has 0 heterocycles. The molecule has 2 unspecified atom stereocenters. The van der Waals surface area contributed by atoms with E-state index in [1.165, 1.54) is 68.5 Å². The molecule has 0 aromatic carbocycles. The van der Waals surface area contributed by atoms with Gasteiger partial charge in [-0.05, 0) is 0 Å². The molecular weight excluding hydrogens is 515 g/mol. The molecule has 2 atom stereocenters. The van der Waals surface area contributed by atoms with Crippen molar-refractivity contribution < 1.29 is 9.16 Å². The summed E-state index contributed by atoms with van der Waals surface area (Å²) in [7, 11) is 0.748. The van der Waals surface area contributed by atoms with Gasteiger partial charge < -0.3 is 0 Å². The molecule has 0 N–H and O–H groups in total. The molecule has 0 saturated carbocycles. The van der Waals surface area contributed by atoms with Crippen LogP contribution in [0.2, 0.25) is 26.4 Å². The number of unbranched alkanes of at least 4 members (excludes halogenated alkanes) is 4. The Bertz CT molecular complexity index is 490. The third-order valence-corrected chi connectivity index (χ3v) is 23.7. The molecule has 0 saturated heterocycles. The number of rotatable bonds is 18. The topological polar surface area (TPSA) is 18.5 Å². The van der Waals surface area contributed by atoms with Gasteiger partial charge in [0.1, 0.15) is 0 Å². The predicted octanol–water partition coefficient (Wildman–Crippen LogP) is 9.52. The standard InChI is InChI=1S/C16H33O2Si.3C4H9.Sn/c1-9-10-12-16(5,17-6)14(15(2,3)4)11-13-18-19(7)8;3*1-3-4-2;/h11,14,19H,9-10,12H2,1-8H3;3*1,3-4H2,2H3;. The monoisotopic (exact) mass is 576 g/mol. The van der Waals surface area contributed by atoms with Crippen LogP contribution < -0.4 is 0 Å². The van der Waals surface area contributed by atoms with Crippen LogP contribution in [0, 0.1) is 11.3 Å². The van der Waals surface area contributed by atoms with Crippen LogP contribution in [0.1, 0.15) is 113 Å². The van der Waals surface area contributed by atoms with Gasteiger partial charge in [-0.2, -0.15) is 0 Å². The molecule has 0 bridgehead atoms. The number of hydrogen-bond acceptors (Lipinski definition) is 2. The molecule has 0 aliphatic carbocycles. The molecule has 0 aliphatic heterocycles. The van der Waals surface area contributed by atoms with E-state index in [1.54, 1.807) is 0 Å². The van der Waals surface area contributed by atoms with Gasteiger partial charge in [-0.1, -0.05) is 0 Å². The van der Waals surface area contributed by atoms with E-state index in [0.29, 0.717) is 5.92 Å². The first-order valence-corrected chi connectivity index (χ1v) is 24.2. The second-order valence-electron chi connectivity index (χ2n) is 11.8. The first kappa shape index (κ1) is 32.5. The molecular formula is C28H60O2SiSn. The molecule has 0 radical (unpaired) electrons. The van der Waals surface area contributed by atoms with Crippen molar-refractivity contribution >= 4 is 27.4 Å². The second kappa shape index (κ2) is 16.2. The Morgan fingerprint density at radius 2 is 1.25 bits per heavy atom. The molecule has 0 aromatic rings. The van der Waals surface area contributed by atoms with Crippen LogP contribution in [-0.2, 0) is 9.16 Å². The predicted molar refractivity (Wildman–Crippen MR) is 151 cm³/mol. The normalized spacial score (nSPS) is 16.3. The van der Waals surface area contributed by atoms with E-state index >= 15 is 0 Å². The zero-order valence-electron chi connectivity index (χ0n) is 24.0. The maximum absolute atomic E-state index is 7.01. The molecule has 2 nitrogen and oxygen atoms in total. The fourth-order valence-electron chi connectivity index (χ4n) is 5.29. The van der Waals surface area contributed by atoms with Crippen molar-refractivity contribution in [1.82, 2.24) is 0 Å².